The van der Waals surface area contributed by atoms with Crippen LogP contribution in [0.4, 0.5) is 0 Å². The summed E-state index contributed by atoms with van der Waals surface area (Å²) in [5.41, 5.74) is 2.29. The van der Waals surface area contributed by atoms with Gasteiger partial charge in [-0.25, -0.2) is 4.98 Å². The summed E-state index contributed by atoms with van der Waals surface area (Å²) in [5, 5.41) is 3.35. The van der Waals surface area contributed by atoms with E-state index < -0.39 is 0 Å². The van der Waals surface area contributed by atoms with Crippen LogP contribution in [-0.4, -0.2) is 17.6 Å². The first-order valence-corrected chi connectivity index (χ1v) is 7.52. The molecule has 106 valence electrons. The standard InChI is InChI=1S/C16H26N2O/c1-4-17-11-14-9-13(3)18-16(10-14)19-15-7-5-6-12(2)8-15/h9-10,12,15,17H,4-8,11H2,1-3H3. The fraction of sp³-hybridized carbons (Fsp3) is 0.688. The van der Waals surface area contributed by atoms with Crippen LogP contribution in [0.5, 0.6) is 5.88 Å². The lowest BCUT2D eigenvalue weighted by Crippen LogP contribution is -2.24. The molecule has 1 aliphatic carbocycles. The molecule has 2 rings (SSSR count). The minimum Gasteiger partial charge on any atom is -0.474 e. The predicted molar refractivity (Wildman–Crippen MR) is 78.4 cm³/mol. The second-order valence-electron chi connectivity index (χ2n) is 5.75. The molecule has 0 spiro atoms. The van der Waals surface area contributed by atoms with Crippen molar-refractivity contribution in [2.75, 3.05) is 6.54 Å². The van der Waals surface area contributed by atoms with Crippen LogP contribution >= 0.6 is 0 Å². The van der Waals surface area contributed by atoms with Gasteiger partial charge in [-0.05, 0) is 50.3 Å². The van der Waals surface area contributed by atoms with Crippen molar-refractivity contribution in [2.45, 2.75) is 59.1 Å². The summed E-state index contributed by atoms with van der Waals surface area (Å²) in [6, 6.07) is 4.20. The van der Waals surface area contributed by atoms with Crippen molar-refractivity contribution in [1.29, 1.82) is 0 Å². The second-order valence-corrected chi connectivity index (χ2v) is 5.75. The van der Waals surface area contributed by atoms with Crippen molar-refractivity contribution < 1.29 is 4.74 Å². The van der Waals surface area contributed by atoms with Crippen LogP contribution in [0.15, 0.2) is 12.1 Å². The Labute approximate surface area is 116 Å². The zero-order valence-corrected chi connectivity index (χ0v) is 12.4. The Kier molecular flexibility index (Phi) is 5.20. The van der Waals surface area contributed by atoms with Crippen molar-refractivity contribution >= 4 is 0 Å². The third-order valence-corrected chi connectivity index (χ3v) is 3.74. The Morgan fingerprint density at radius 1 is 1.37 bits per heavy atom. The highest BCUT2D eigenvalue weighted by molar-refractivity contribution is 5.24. The van der Waals surface area contributed by atoms with Gasteiger partial charge in [0.05, 0.1) is 0 Å². The van der Waals surface area contributed by atoms with Gasteiger partial charge in [-0.1, -0.05) is 20.3 Å². The molecule has 1 aromatic rings. The number of nitrogens with zero attached hydrogens (tertiary/aromatic N) is 1. The van der Waals surface area contributed by atoms with Gasteiger partial charge in [0.1, 0.15) is 6.10 Å². The Morgan fingerprint density at radius 2 is 2.21 bits per heavy atom. The fourth-order valence-corrected chi connectivity index (χ4v) is 2.79. The van der Waals surface area contributed by atoms with E-state index in [1.165, 1.54) is 24.8 Å². The Bertz CT molecular complexity index is 406. The highest BCUT2D eigenvalue weighted by Crippen LogP contribution is 2.27. The van der Waals surface area contributed by atoms with Crippen LogP contribution in [0.1, 0.15) is 50.8 Å². The van der Waals surface area contributed by atoms with E-state index in [1.54, 1.807) is 0 Å². The van der Waals surface area contributed by atoms with Gasteiger partial charge in [0.2, 0.25) is 5.88 Å². The van der Waals surface area contributed by atoms with E-state index in [0.29, 0.717) is 6.10 Å². The van der Waals surface area contributed by atoms with Crippen molar-refractivity contribution in [3.63, 3.8) is 0 Å². The van der Waals surface area contributed by atoms with E-state index in [-0.39, 0.29) is 0 Å². The zero-order valence-electron chi connectivity index (χ0n) is 12.4. The van der Waals surface area contributed by atoms with Gasteiger partial charge in [0.25, 0.3) is 0 Å². The molecule has 2 atom stereocenters. The first-order chi connectivity index (χ1) is 9.17. The van der Waals surface area contributed by atoms with Gasteiger partial charge in [-0.3, -0.25) is 0 Å². The minimum absolute atomic E-state index is 0.352. The maximum Gasteiger partial charge on any atom is 0.214 e. The van der Waals surface area contributed by atoms with Crippen LogP contribution < -0.4 is 10.1 Å². The van der Waals surface area contributed by atoms with Gasteiger partial charge < -0.3 is 10.1 Å². The van der Waals surface area contributed by atoms with Gasteiger partial charge in [0, 0.05) is 18.3 Å². The third kappa shape index (κ3) is 4.50. The van der Waals surface area contributed by atoms with Gasteiger partial charge in [0.15, 0.2) is 0 Å². The number of hydrogen-bond donors (Lipinski definition) is 1. The molecule has 1 heterocycles. The van der Waals surface area contributed by atoms with Gasteiger partial charge in [-0.15, -0.1) is 0 Å². The van der Waals surface area contributed by atoms with Gasteiger partial charge in [-0.2, -0.15) is 0 Å². The first-order valence-electron chi connectivity index (χ1n) is 7.52. The Morgan fingerprint density at radius 3 is 2.95 bits per heavy atom. The molecule has 3 nitrogen and oxygen atoms in total. The monoisotopic (exact) mass is 262 g/mol. The molecule has 3 heteroatoms. The van der Waals surface area contributed by atoms with E-state index in [4.69, 9.17) is 4.74 Å². The Hall–Kier alpha value is -1.09. The highest BCUT2D eigenvalue weighted by Gasteiger charge is 2.20. The van der Waals surface area contributed by atoms with Gasteiger partial charge >= 0.3 is 0 Å². The Balaban J connectivity index is 2.00. The molecule has 0 saturated heterocycles. The molecule has 1 fully saturated rings. The number of ether oxygens (including phenoxy) is 1. The average molecular weight is 262 g/mol. The van der Waals surface area contributed by atoms with Crippen LogP contribution in [0.3, 0.4) is 0 Å². The largest absolute Gasteiger partial charge is 0.474 e. The van der Waals surface area contributed by atoms with Crippen molar-refractivity contribution in [3.8, 4) is 5.88 Å². The number of nitrogens with one attached hydrogen (secondary N) is 1. The molecule has 1 aromatic heterocycles. The first kappa shape index (κ1) is 14.3. The van der Waals surface area contributed by atoms with E-state index in [9.17, 15) is 0 Å². The number of hydrogen-bond acceptors (Lipinski definition) is 3. The lowest BCUT2D eigenvalue weighted by atomic mass is 9.89. The lowest BCUT2D eigenvalue weighted by Gasteiger charge is -2.27. The summed E-state index contributed by atoms with van der Waals surface area (Å²) >= 11 is 0. The average Bonchev–Trinajstić information content (AvgIpc) is 2.35. The fourth-order valence-electron chi connectivity index (χ4n) is 2.79. The molecular weight excluding hydrogens is 236 g/mol. The smallest absolute Gasteiger partial charge is 0.214 e. The summed E-state index contributed by atoms with van der Waals surface area (Å²) in [7, 11) is 0. The van der Waals surface area contributed by atoms with E-state index in [0.717, 1.165) is 37.0 Å². The second kappa shape index (κ2) is 6.90. The van der Waals surface area contributed by atoms with Crippen LogP contribution in [0, 0.1) is 12.8 Å². The van der Waals surface area contributed by atoms with Crippen molar-refractivity contribution in [2.24, 2.45) is 5.92 Å². The SMILES string of the molecule is CCNCc1cc(C)nc(OC2CCCC(C)C2)c1. The topological polar surface area (TPSA) is 34.2 Å². The molecule has 1 aliphatic rings. The molecule has 1 N–H and O–H groups in total. The van der Waals surface area contributed by atoms with Crippen LogP contribution in [0.2, 0.25) is 0 Å². The number of rotatable bonds is 5. The molecule has 0 bridgehead atoms. The summed E-state index contributed by atoms with van der Waals surface area (Å²) in [4.78, 5) is 4.51. The van der Waals surface area contributed by atoms with E-state index in [2.05, 4.69) is 36.3 Å². The lowest BCUT2D eigenvalue weighted by molar-refractivity contribution is 0.123. The number of aromatic nitrogens is 1. The van der Waals surface area contributed by atoms with E-state index >= 15 is 0 Å². The minimum atomic E-state index is 0.352. The third-order valence-electron chi connectivity index (χ3n) is 3.74. The molecule has 0 aliphatic heterocycles. The molecule has 2 unspecified atom stereocenters. The molecule has 1 saturated carbocycles. The highest BCUT2D eigenvalue weighted by atomic mass is 16.5. The predicted octanol–water partition coefficient (Wildman–Crippen LogP) is 3.46. The maximum absolute atomic E-state index is 6.09. The van der Waals surface area contributed by atoms with Crippen LogP contribution in [-0.2, 0) is 6.54 Å². The molecular formula is C16H26N2O. The summed E-state index contributed by atoms with van der Waals surface area (Å²) in [6.07, 6.45) is 5.31. The number of aryl methyl sites for hydroxylation is 1. The maximum atomic E-state index is 6.09. The normalized spacial score (nSPS) is 23.3. The quantitative estimate of drug-likeness (QED) is 0.882. The van der Waals surface area contributed by atoms with Crippen molar-refractivity contribution in [1.82, 2.24) is 10.3 Å². The van der Waals surface area contributed by atoms with Crippen LogP contribution in [0.25, 0.3) is 0 Å². The van der Waals surface area contributed by atoms with Crippen molar-refractivity contribution in [3.05, 3.63) is 23.4 Å². The zero-order chi connectivity index (χ0) is 13.7. The molecule has 19 heavy (non-hydrogen) atoms. The summed E-state index contributed by atoms with van der Waals surface area (Å²) in [5.74, 6) is 1.58. The molecule has 0 aromatic carbocycles. The molecule has 0 amide bonds. The number of pyridine rings is 1. The summed E-state index contributed by atoms with van der Waals surface area (Å²) in [6.45, 7) is 8.34. The summed E-state index contributed by atoms with van der Waals surface area (Å²) < 4.78 is 6.09. The molecule has 0 radical (unpaired) electrons. The van der Waals surface area contributed by atoms with E-state index in [1.807, 2.05) is 6.92 Å².